The van der Waals surface area contributed by atoms with Gasteiger partial charge in [-0.15, -0.1) is 0 Å². The number of carbonyl (C=O) groups is 3. The van der Waals surface area contributed by atoms with Gasteiger partial charge in [-0.3, -0.25) is 19.3 Å². The zero-order valence-corrected chi connectivity index (χ0v) is 19.7. The molecule has 1 aromatic rings. The summed E-state index contributed by atoms with van der Waals surface area (Å²) in [6.45, 7) is 8.68. The molecule has 1 atom stereocenters. The van der Waals surface area contributed by atoms with E-state index in [1.165, 1.54) is 0 Å². The molecule has 2 aliphatic heterocycles. The number of hydrogen-bond donors (Lipinski definition) is 0. The number of hydrogen-bond acceptors (Lipinski definition) is 4. The SMILES string of the molecule is CCN(CC)C(=O)CN1CCN(C(=O)C2CCCN2C(=O)c2cc(Cl)ccc2Cl)CC1. The molecule has 170 valence electrons. The van der Waals surface area contributed by atoms with Crippen LogP contribution < -0.4 is 0 Å². The number of piperazine rings is 1. The van der Waals surface area contributed by atoms with Crippen molar-refractivity contribution in [3.63, 3.8) is 0 Å². The summed E-state index contributed by atoms with van der Waals surface area (Å²) in [7, 11) is 0. The van der Waals surface area contributed by atoms with Crippen molar-refractivity contribution in [2.24, 2.45) is 0 Å². The highest BCUT2D eigenvalue weighted by Crippen LogP contribution is 2.27. The van der Waals surface area contributed by atoms with Crippen LogP contribution in [0.4, 0.5) is 0 Å². The van der Waals surface area contributed by atoms with Gasteiger partial charge < -0.3 is 14.7 Å². The highest BCUT2D eigenvalue weighted by Gasteiger charge is 2.38. The fraction of sp³-hybridized carbons (Fsp3) is 0.591. The molecule has 3 amide bonds. The van der Waals surface area contributed by atoms with Gasteiger partial charge in [0.25, 0.3) is 5.91 Å². The standard InChI is InChI=1S/C22H30Cl2N4O3/c1-3-26(4-2)20(29)15-25-10-12-27(13-11-25)22(31)19-6-5-9-28(19)21(30)17-14-16(23)7-8-18(17)24/h7-8,14,19H,3-6,9-13,15H2,1-2H3. The Labute approximate surface area is 193 Å². The van der Waals surface area contributed by atoms with Gasteiger partial charge in [0.05, 0.1) is 17.1 Å². The van der Waals surface area contributed by atoms with E-state index in [4.69, 9.17) is 23.2 Å². The summed E-state index contributed by atoms with van der Waals surface area (Å²) in [6.07, 6.45) is 1.42. The third-order valence-electron chi connectivity index (χ3n) is 6.12. The fourth-order valence-corrected chi connectivity index (χ4v) is 4.66. The lowest BCUT2D eigenvalue weighted by atomic mass is 10.1. The van der Waals surface area contributed by atoms with Gasteiger partial charge in [0.2, 0.25) is 11.8 Å². The van der Waals surface area contributed by atoms with Gasteiger partial charge in [-0.2, -0.15) is 0 Å². The summed E-state index contributed by atoms with van der Waals surface area (Å²) in [5, 5.41) is 0.768. The first-order valence-corrected chi connectivity index (χ1v) is 11.7. The summed E-state index contributed by atoms with van der Waals surface area (Å²) in [4.78, 5) is 46.0. The molecular formula is C22H30Cl2N4O3. The van der Waals surface area contributed by atoms with Crippen molar-refractivity contribution in [1.29, 1.82) is 0 Å². The predicted octanol–water partition coefficient (Wildman–Crippen LogP) is 2.61. The second kappa shape index (κ2) is 10.7. The molecule has 9 heteroatoms. The summed E-state index contributed by atoms with van der Waals surface area (Å²) < 4.78 is 0. The molecule has 2 aliphatic rings. The van der Waals surface area contributed by atoms with Crippen molar-refractivity contribution in [3.8, 4) is 0 Å². The van der Waals surface area contributed by atoms with Crippen LogP contribution in [-0.4, -0.2) is 95.7 Å². The van der Waals surface area contributed by atoms with Gasteiger partial charge in [0, 0.05) is 50.8 Å². The lowest BCUT2D eigenvalue weighted by molar-refractivity contribution is -0.138. The molecule has 1 unspecified atom stereocenters. The number of rotatable bonds is 6. The van der Waals surface area contributed by atoms with Crippen molar-refractivity contribution in [1.82, 2.24) is 19.6 Å². The maximum absolute atomic E-state index is 13.2. The minimum Gasteiger partial charge on any atom is -0.342 e. The molecular weight excluding hydrogens is 439 g/mol. The Bertz CT molecular complexity index is 823. The van der Waals surface area contributed by atoms with E-state index in [1.807, 2.05) is 23.6 Å². The molecule has 2 saturated heterocycles. The highest BCUT2D eigenvalue weighted by atomic mass is 35.5. The maximum atomic E-state index is 13.2. The Morgan fingerprint density at radius 2 is 1.71 bits per heavy atom. The lowest BCUT2D eigenvalue weighted by Gasteiger charge is -2.37. The Morgan fingerprint density at radius 1 is 1.03 bits per heavy atom. The summed E-state index contributed by atoms with van der Waals surface area (Å²) in [5.74, 6) is -0.165. The first kappa shape index (κ1) is 23.8. The Hall–Kier alpha value is -1.83. The molecule has 0 spiro atoms. The van der Waals surface area contributed by atoms with Crippen LogP contribution in [0.3, 0.4) is 0 Å². The molecule has 1 aromatic carbocycles. The zero-order chi connectivity index (χ0) is 22.5. The third kappa shape index (κ3) is 5.51. The number of likely N-dealkylation sites (tertiary alicyclic amines) is 1. The van der Waals surface area contributed by atoms with E-state index >= 15 is 0 Å². The van der Waals surface area contributed by atoms with E-state index in [0.717, 1.165) is 6.42 Å². The fourth-order valence-electron chi connectivity index (χ4n) is 4.29. The smallest absolute Gasteiger partial charge is 0.256 e. The molecule has 0 bridgehead atoms. The average molecular weight is 469 g/mol. The number of benzene rings is 1. The van der Waals surface area contributed by atoms with Crippen molar-refractivity contribution in [2.75, 3.05) is 52.4 Å². The second-order valence-electron chi connectivity index (χ2n) is 7.95. The molecule has 0 aliphatic carbocycles. The minimum atomic E-state index is -0.480. The van der Waals surface area contributed by atoms with E-state index in [9.17, 15) is 14.4 Å². The van der Waals surface area contributed by atoms with Gasteiger partial charge >= 0.3 is 0 Å². The largest absolute Gasteiger partial charge is 0.342 e. The molecule has 3 rings (SSSR count). The summed E-state index contributed by atoms with van der Waals surface area (Å²) in [6, 6.07) is 4.31. The first-order chi connectivity index (χ1) is 14.8. The number of nitrogens with zero attached hydrogens (tertiary/aromatic N) is 4. The summed E-state index contributed by atoms with van der Waals surface area (Å²) >= 11 is 12.2. The van der Waals surface area contributed by atoms with Gasteiger partial charge in [0.1, 0.15) is 6.04 Å². The van der Waals surface area contributed by atoms with Gasteiger partial charge in [-0.1, -0.05) is 23.2 Å². The number of amides is 3. The Kier molecular flexibility index (Phi) is 8.19. The van der Waals surface area contributed by atoms with Crippen LogP contribution >= 0.6 is 23.2 Å². The van der Waals surface area contributed by atoms with E-state index in [0.29, 0.717) is 74.4 Å². The number of carbonyl (C=O) groups excluding carboxylic acids is 3. The lowest BCUT2D eigenvalue weighted by Crippen LogP contribution is -2.55. The zero-order valence-electron chi connectivity index (χ0n) is 18.1. The van der Waals surface area contributed by atoms with Crippen molar-refractivity contribution in [3.05, 3.63) is 33.8 Å². The molecule has 2 heterocycles. The quantitative estimate of drug-likeness (QED) is 0.643. The molecule has 0 aromatic heterocycles. The van der Waals surface area contributed by atoms with Crippen LogP contribution in [0.2, 0.25) is 10.0 Å². The normalized spacial score (nSPS) is 19.5. The minimum absolute atomic E-state index is 0.0290. The van der Waals surface area contributed by atoms with Crippen molar-refractivity contribution in [2.45, 2.75) is 32.7 Å². The molecule has 7 nitrogen and oxygen atoms in total. The van der Waals surface area contributed by atoms with E-state index in [2.05, 4.69) is 4.90 Å². The summed E-state index contributed by atoms with van der Waals surface area (Å²) in [5.41, 5.74) is 0.327. The van der Waals surface area contributed by atoms with Crippen molar-refractivity contribution < 1.29 is 14.4 Å². The molecule has 0 radical (unpaired) electrons. The van der Waals surface area contributed by atoms with Crippen LogP contribution in [-0.2, 0) is 9.59 Å². The maximum Gasteiger partial charge on any atom is 0.256 e. The average Bonchev–Trinajstić information content (AvgIpc) is 3.26. The monoisotopic (exact) mass is 468 g/mol. The van der Waals surface area contributed by atoms with E-state index in [-0.39, 0.29) is 17.7 Å². The Morgan fingerprint density at radius 3 is 2.35 bits per heavy atom. The van der Waals surface area contributed by atoms with Crippen LogP contribution in [0.25, 0.3) is 0 Å². The Balaban J connectivity index is 1.59. The second-order valence-corrected chi connectivity index (χ2v) is 8.79. The topological polar surface area (TPSA) is 64.2 Å². The predicted molar refractivity (Wildman–Crippen MR) is 121 cm³/mol. The van der Waals surface area contributed by atoms with E-state index in [1.54, 1.807) is 23.1 Å². The number of likely N-dealkylation sites (N-methyl/N-ethyl adjacent to an activating group) is 1. The molecule has 2 fully saturated rings. The highest BCUT2D eigenvalue weighted by molar-refractivity contribution is 6.35. The van der Waals surface area contributed by atoms with Crippen LogP contribution in [0.1, 0.15) is 37.0 Å². The molecule has 0 saturated carbocycles. The van der Waals surface area contributed by atoms with Crippen LogP contribution in [0, 0.1) is 0 Å². The van der Waals surface area contributed by atoms with E-state index < -0.39 is 6.04 Å². The van der Waals surface area contributed by atoms with Crippen LogP contribution in [0.5, 0.6) is 0 Å². The molecule has 0 N–H and O–H groups in total. The first-order valence-electron chi connectivity index (χ1n) is 10.9. The third-order valence-corrected chi connectivity index (χ3v) is 6.68. The van der Waals surface area contributed by atoms with Crippen molar-refractivity contribution >= 4 is 40.9 Å². The van der Waals surface area contributed by atoms with Gasteiger partial charge in [0.15, 0.2) is 0 Å². The van der Waals surface area contributed by atoms with Crippen LogP contribution in [0.15, 0.2) is 18.2 Å². The number of halogens is 2. The molecule has 31 heavy (non-hydrogen) atoms. The van der Waals surface area contributed by atoms with Gasteiger partial charge in [-0.05, 0) is 44.9 Å². The van der Waals surface area contributed by atoms with Gasteiger partial charge in [-0.25, -0.2) is 0 Å².